The van der Waals surface area contributed by atoms with Crippen LogP contribution in [0.4, 0.5) is 0 Å². The van der Waals surface area contributed by atoms with Gasteiger partial charge in [-0.15, -0.1) is 0 Å². The molecular weight excluding hydrogens is 344 g/mol. The van der Waals surface area contributed by atoms with E-state index in [-0.39, 0.29) is 12.5 Å². The van der Waals surface area contributed by atoms with Crippen LogP contribution in [0.25, 0.3) is 0 Å². The summed E-state index contributed by atoms with van der Waals surface area (Å²) in [6.07, 6.45) is 1.95. The van der Waals surface area contributed by atoms with E-state index in [0.717, 1.165) is 14.9 Å². The van der Waals surface area contributed by atoms with E-state index < -0.39 is 0 Å². The molecule has 0 saturated heterocycles. The van der Waals surface area contributed by atoms with E-state index in [4.69, 9.17) is 4.74 Å². The fourth-order valence-corrected chi connectivity index (χ4v) is 2.38. The van der Waals surface area contributed by atoms with Crippen molar-refractivity contribution in [1.82, 2.24) is 4.90 Å². The zero-order chi connectivity index (χ0) is 15.9. The quantitative estimate of drug-likeness (QED) is 0.600. The van der Waals surface area contributed by atoms with Gasteiger partial charge in [-0.2, -0.15) is 5.26 Å². The van der Waals surface area contributed by atoms with Crippen molar-refractivity contribution >= 4 is 21.8 Å². The summed E-state index contributed by atoms with van der Waals surface area (Å²) in [6.45, 7) is 2.69. The van der Waals surface area contributed by atoms with E-state index >= 15 is 0 Å². The maximum Gasteiger partial charge on any atom is 0.267 e. The van der Waals surface area contributed by atoms with E-state index in [2.05, 4.69) is 15.9 Å². The second kappa shape index (κ2) is 7.62. The first-order valence-corrected chi connectivity index (χ1v) is 7.63. The molecule has 0 atom stereocenters. The highest BCUT2D eigenvalue weighted by atomic mass is 79.9. The van der Waals surface area contributed by atoms with Crippen molar-refractivity contribution in [2.24, 2.45) is 0 Å². The van der Waals surface area contributed by atoms with E-state index in [9.17, 15) is 10.1 Å². The van der Waals surface area contributed by atoms with Gasteiger partial charge in [0.15, 0.2) is 6.19 Å². The molecule has 0 aliphatic heterocycles. The molecule has 4 nitrogen and oxygen atoms in total. The van der Waals surface area contributed by atoms with Crippen LogP contribution in [0.3, 0.4) is 0 Å². The summed E-state index contributed by atoms with van der Waals surface area (Å²) < 4.78 is 6.21. The molecule has 0 bridgehead atoms. The van der Waals surface area contributed by atoms with Crippen molar-refractivity contribution < 1.29 is 9.53 Å². The second-order valence-corrected chi connectivity index (χ2v) is 5.39. The normalized spacial score (nSPS) is 9.86. The molecule has 1 amide bonds. The third-order valence-corrected chi connectivity index (χ3v) is 3.84. The fraction of sp³-hybridized carbons (Fsp3) is 0.176. The highest BCUT2D eigenvalue weighted by molar-refractivity contribution is 9.10. The van der Waals surface area contributed by atoms with Crippen LogP contribution in [0.1, 0.15) is 22.8 Å². The lowest BCUT2D eigenvalue weighted by Gasteiger charge is -2.15. The van der Waals surface area contributed by atoms with Crippen LogP contribution in [-0.4, -0.2) is 17.4 Å². The Morgan fingerprint density at radius 2 is 1.91 bits per heavy atom. The molecule has 0 N–H and O–H groups in total. The van der Waals surface area contributed by atoms with E-state index in [1.165, 1.54) is 0 Å². The number of amides is 1. The lowest BCUT2D eigenvalue weighted by Crippen LogP contribution is -2.25. The standard InChI is InChI=1S/C17H15BrN2O2/c1-2-22-15-9-7-13(8-10-15)17(21)20(12-19)11-14-5-3-4-6-16(14)18/h3-10H,2,11H2,1H3. The Morgan fingerprint density at radius 3 is 2.50 bits per heavy atom. The molecule has 2 aromatic rings. The number of hydrogen-bond acceptors (Lipinski definition) is 3. The van der Waals surface area contributed by atoms with Crippen molar-refractivity contribution in [1.29, 1.82) is 5.26 Å². The van der Waals surface area contributed by atoms with Gasteiger partial charge in [0.25, 0.3) is 5.91 Å². The third kappa shape index (κ3) is 3.86. The average Bonchev–Trinajstić information content (AvgIpc) is 2.54. The van der Waals surface area contributed by atoms with Gasteiger partial charge < -0.3 is 4.74 Å². The van der Waals surface area contributed by atoms with Crippen LogP contribution >= 0.6 is 15.9 Å². The SMILES string of the molecule is CCOc1ccc(C(=O)N(C#N)Cc2ccccc2Br)cc1. The monoisotopic (exact) mass is 358 g/mol. The first-order valence-electron chi connectivity index (χ1n) is 6.83. The maximum absolute atomic E-state index is 12.4. The number of rotatable bonds is 5. The summed E-state index contributed by atoms with van der Waals surface area (Å²) in [5.74, 6) is 0.370. The number of carbonyl (C=O) groups is 1. The molecule has 0 spiro atoms. The van der Waals surface area contributed by atoms with Crippen molar-refractivity contribution in [2.75, 3.05) is 6.61 Å². The fourth-order valence-electron chi connectivity index (χ4n) is 1.97. The smallest absolute Gasteiger partial charge is 0.267 e. The lowest BCUT2D eigenvalue weighted by molar-refractivity contribution is 0.0824. The summed E-state index contributed by atoms with van der Waals surface area (Å²) in [4.78, 5) is 13.5. The first-order chi connectivity index (χ1) is 10.7. The number of carbonyl (C=O) groups excluding carboxylic acids is 1. The summed E-state index contributed by atoms with van der Waals surface area (Å²) in [5, 5.41) is 9.26. The van der Waals surface area contributed by atoms with Gasteiger partial charge in [-0.25, -0.2) is 4.90 Å². The van der Waals surface area contributed by atoms with Crippen LogP contribution in [0, 0.1) is 11.5 Å². The average molecular weight is 359 g/mol. The number of nitriles is 1. The molecule has 0 fully saturated rings. The van der Waals surface area contributed by atoms with Crippen molar-refractivity contribution in [3.63, 3.8) is 0 Å². The Bertz CT molecular complexity index is 693. The minimum absolute atomic E-state index is 0.226. The van der Waals surface area contributed by atoms with E-state index in [1.807, 2.05) is 37.4 Å². The number of ether oxygens (including phenoxy) is 1. The van der Waals surface area contributed by atoms with Gasteiger partial charge in [-0.3, -0.25) is 4.79 Å². The Kier molecular flexibility index (Phi) is 5.56. The first kappa shape index (κ1) is 16.1. The number of nitrogens with zero attached hydrogens (tertiary/aromatic N) is 2. The van der Waals surface area contributed by atoms with E-state index in [1.54, 1.807) is 24.3 Å². The molecule has 0 saturated carbocycles. The van der Waals surface area contributed by atoms with Gasteiger partial charge in [0.1, 0.15) is 5.75 Å². The summed E-state index contributed by atoms with van der Waals surface area (Å²) in [7, 11) is 0. The van der Waals surface area contributed by atoms with Crippen LogP contribution in [0.5, 0.6) is 5.75 Å². The van der Waals surface area contributed by atoms with Crippen molar-refractivity contribution in [3.05, 3.63) is 64.1 Å². The van der Waals surface area contributed by atoms with Crippen molar-refractivity contribution in [2.45, 2.75) is 13.5 Å². The number of halogens is 1. The molecule has 0 unspecified atom stereocenters. The lowest BCUT2D eigenvalue weighted by atomic mass is 10.1. The maximum atomic E-state index is 12.4. The van der Waals surface area contributed by atoms with Gasteiger partial charge >= 0.3 is 0 Å². The van der Waals surface area contributed by atoms with Crippen LogP contribution in [-0.2, 0) is 6.54 Å². The minimum atomic E-state index is -0.332. The predicted molar refractivity (Wildman–Crippen MR) is 87.2 cm³/mol. The minimum Gasteiger partial charge on any atom is -0.494 e. The third-order valence-electron chi connectivity index (χ3n) is 3.06. The summed E-state index contributed by atoms with van der Waals surface area (Å²) >= 11 is 3.42. The van der Waals surface area contributed by atoms with Gasteiger partial charge in [0.05, 0.1) is 13.2 Å². The molecule has 0 heterocycles. The molecule has 112 valence electrons. The Hall–Kier alpha value is -2.32. The zero-order valence-corrected chi connectivity index (χ0v) is 13.7. The topological polar surface area (TPSA) is 53.3 Å². The molecule has 2 rings (SSSR count). The molecule has 5 heteroatoms. The van der Waals surface area contributed by atoms with Crippen LogP contribution < -0.4 is 4.74 Å². The van der Waals surface area contributed by atoms with E-state index in [0.29, 0.717) is 17.9 Å². The number of hydrogen-bond donors (Lipinski definition) is 0. The largest absolute Gasteiger partial charge is 0.494 e. The summed E-state index contributed by atoms with van der Waals surface area (Å²) in [6, 6.07) is 14.3. The van der Waals surface area contributed by atoms with Crippen molar-refractivity contribution in [3.8, 4) is 11.9 Å². The molecule has 0 aliphatic carbocycles. The van der Waals surface area contributed by atoms with Crippen LogP contribution in [0.15, 0.2) is 53.0 Å². The van der Waals surface area contributed by atoms with Gasteiger partial charge in [-0.1, -0.05) is 34.1 Å². The Balaban J connectivity index is 2.15. The van der Waals surface area contributed by atoms with Gasteiger partial charge in [0, 0.05) is 10.0 Å². The number of benzene rings is 2. The molecule has 22 heavy (non-hydrogen) atoms. The Morgan fingerprint density at radius 1 is 1.23 bits per heavy atom. The zero-order valence-electron chi connectivity index (χ0n) is 12.1. The van der Waals surface area contributed by atoms with Crippen LogP contribution in [0.2, 0.25) is 0 Å². The molecular formula is C17H15BrN2O2. The van der Waals surface area contributed by atoms with Gasteiger partial charge in [0.2, 0.25) is 0 Å². The predicted octanol–water partition coefficient (Wildman–Crippen LogP) is 3.97. The highest BCUT2D eigenvalue weighted by Crippen LogP contribution is 2.19. The molecule has 0 radical (unpaired) electrons. The second-order valence-electron chi connectivity index (χ2n) is 4.54. The molecule has 0 aromatic heterocycles. The molecule has 2 aromatic carbocycles. The molecule has 0 aliphatic rings. The summed E-state index contributed by atoms with van der Waals surface area (Å²) in [5.41, 5.74) is 1.33. The Labute approximate surface area is 138 Å². The van der Waals surface area contributed by atoms with Gasteiger partial charge in [-0.05, 0) is 42.8 Å². The highest BCUT2D eigenvalue weighted by Gasteiger charge is 2.16.